The molecule has 22 heavy (non-hydrogen) atoms. The van der Waals surface area contributed by atoms with Crippen LogP contribution in [0.5, 0.6) is 0 Å². The third-order valence-electron chi connectivity index (χ3n) is 4.67. The van der Waals surface area contributed by atoms with E-state index in [9.17, 15) is 9.59 Å². The first-order chi connectivity index (χ1) is 10.6. The molecule has 1 aliphatic heterocycles. The number of hydrogen-bond acceptors (Lipinski definition) is 4. The van der Waals surface area contributed by atoms with E-state index >= 15 is 0 Å². The van der Waals surface area contributed by atoms with Gasteiger partial charge in [-0.05, 0) is 50.0 Å². The smallest absolute Gasteiger partial charge is 0.264 e. The Morgan fingerprint density at radius 1 is 1.23 bits per heavy atom. The van der Waals surface area contributed by atoms with E-state index in [1.165, 1.54) is 11.3 Å². The molecule has 1 saturated heterocycles. The summed E-state index contributed by atoms with van der Waals surface area (Å²) in [5.41, 5.74) is 5.90. The fourth-order valence-corrected chi connectivity index (χ4v) is 4.06. The van der Waals surface area contributed by atoms with Gasteiger partial charge in [-0.25, -0.2) is 0 Å². The minimum Gasteiger partial charge on any atom is -0.352 e. The highest BCUT2D eigenvalue weighted by atomic mass is 32.1. The molecule has 1 unspecified atom stereocenters. The van der Waals surface area contributed by atoms with Crippen LogP contribution >= 0.6 is 11.3 Å². The molecule has 1 saturated carbocycles. The van der Waals surface area contributed by atoms with Gasteiger partial charge in [-0.15, -0.1) is 11.3 Å². The number of amides is 2. The molecule has 0 radical (unpaired) electrons. The Hall–Kier alpha value is -1.40. The van der Waals surface area contributed by atoms with Gasteiger partial charge < -0.3 is 16.0 Å². The van der Waals surface area contributed by atoms with Crippen LogP contribution in [0.3, 0.4) is 0 Å². The molecule has 0 bridgehead atoms. The molecule has 3 rings (SSSR count). The van der Waals surface area contributed by atoms with Crippen molar-refractivity contribution in [1.82, 2.24) is 10.2 Å². The summed E-state index contributed by atoms with van der Waals surface area (Å²) < 4.78 is 0. The molecule has 6 heteroatoms. The van der Waals surface area contributed by atoms with Crippen LogP contribution in [-0.4, -0.2) is 41.4 Å². The van der Waals surface area contributed by atoms with Gasteiger partial charge in [0.1, 0.15) is 6.04 Å². The van der Waals surface area contributed by atoms with E-state index in [-0.39, 0.29) is 29.9 Å². The first-order valence-electron chi connectivity index (χ1n) is 8.05. The highest BCUT2D eigenvalue weighted by Gasteiger charge is 2.35. The Balaban J connectivity index is 1.60. The zero-order valence-electron chi connectivity index (χ0n) is 12.7. The molecule has 0 aromatic carbocycles. The van der Waals surface area contributed by atoms with Crippen LogP contribution in [0, 0.1) is 0 Å². The minimum atomic E-state index is -0.315. The van der Waals surface area contributed by atoms with Crippen molar-refractivity contribution >= 4 is 23.2 Å². The number of nitrogens with two attached hydrogens (primary N) is 1. The van der Waals surface area contributed by atoms with Crippen molar-refractivity contribution in [3.8, 4) is 0 Å². The van der Waals surface area contributed by atoms with Crippen molar-refractivity contribution in [2.75, 3.05) is 6.54 Å². The summed E-state index contributed by atoms with van der Waals surface area (Å²) in [4.78, 5) is 27.5. The number of hydrogen-bond donors (Lipinski definition) is 2. The molecule has 1 aromatic rings. The lowest BCUT2D eigenvalue weighted by Crippen LogP contribution is -2.50. The summed E-state index contributed by atoms with van der Waals surface area (Å²) >= 11 is 1.43. The predicted molar refractivity (Wildman–Crippen MR) is 86.8 cm³/mol. The zero-order chi connectivity index (χ0) is 15.5. The third kappa shape index (κ3) is 3.33. The quantitative estimate of drug-likeness (QED) is 0.890. The van der Waals surface area contributed by atoms with Gasteiger partial charge in [-0.2, -0.15) is 0 Å². The fraction of sp³-hybridized carbons (Fsp3) is 0.625. The van der Waals surface area contributed by atoms with Gasteiger partial charge in [0.15, 0.2) is 0 Å². The highest BCUT2D eigenvalue weighted by molar-refractivity contribution is 7.12. The lowest BCUT2D eigenvalue weighted by Gasteiger charge is -2.30. The van der Waals surface area contributed by atoms with Crippen LogP contribution in [0.15, 0.2) is 17.5 Å². The number of nitrogens with zero attached hydrogens (tertiary/aromatic N) is 1. The summed E-state index contributed by atoms with van der Waals surface area (Å²) in [5.74, 6) is -0.0128. The van der Waals surface area contributed by atoms with Gasteiger partial charge in [0, 0.05) is 18.6 Å². The summed E-state index contributed by atoms with van der Waals surface area (Å²) in [5, 5.41) is 5.02. The summed E-state index contributed by atoms with van der Waals surface area (Å²) in [6.07, 6.45) is 5.47. The van der Waals surface area contributed by atoms with Crippen molar-refractivity contribution in [2.45, 2.75) is 56.7 Å². The topological polar surface area (TPSA) is 75.4 Å². The van der Waals surface area contributed by atoms with Crippen molar-refractivity contribution in [1.29, 1.82) is 0 Å². The van der Waals surface area contributed by atoms with E-state index in [1.54, 1.807) is 4.90 Å². The molecule has 2 fully saturated rings. The number of thiophene rings is 1. The van der Waals surface area contributed by atoms with E-state index in [0.29, 0.717) is 11.4 Å². The van der Waals surface area contributed by atoms with Crippen molar-refractivity contribution in [3.63, 3.8) is 0 Å². The monoisotopic (exact) mass is 321 g/mol. The minimum absolute atomic E-state index is 0.00266. The largest absolute Gasteiger partial charge is 0.352 e. The summed E-state index contributed by atoms with van der Waals surface area (Å²) in [6, 6.07) is 3.87. The Morgan fingerprint density at radius 2 is 2.00 bits per heavy atom. The summed E-state index contributed by atoms with van der Waals surface area (Å²) in [7, 11) is 0. The maximum absolute atomic E-state index is 12.5. The molecule has 120 valence electrons. The van der Waals surface area contributed by atoms with Gasteiger partial charge in [0.05, 0.1) is 4.88 Å². The standard InChI is InChI=1S/C16H23N3O2S/c17-11-5-7-12(8-6-11)18-15(20)13-3-1-9-19(13)16(21)14-4-2-10-22-14/h2,4,10-13H,1,3,5-9,17H2,(H,18,20). The van der Waals surface area contributed by atoms with E-state index < -0.39 is 0 Å². The Morgan fingerprint density at radius 3 is 2.68 bits per heavy atom. The number of carbonyl (C=O) groups is 2. The molecule has 2 amide bonds. The molecule has 5 nitrogen and oxygen atoms in total. The molecule has 3 N–H and O–H groups in total. The molecule has 1 aliphatic carbocycles. The third-order valence-corrected chi connectivity index (χ3v) is 5.52. The van der Waals surface area contributed by atoms with E-state index in [2.05, 4.69) is 5.32 Å². The molecule has 0 spiro atoms. The fourth-order valence-electron chi connectivity index (χ4n) is 3.39. The maximum atomic E-state index is 12.5. The van der Waals surface area contributed by atoms with E-state index in [1.807, 2.05) is 17.5 Å². The number of likely N-dealkylation sites (tertiary alicyclic amines) is 1. The van der Waals surface area contributed by atoms with Crippen LogP contribution in [-0.2, 0) is 4.79 Å². The Kier molecular flexibility index (Phi) is 4.78. The molecular weight excluding hydrogens is 298 g/mol. The average molecular weight is 321 g/mol. The maximum Gasteiger partial charge on any atom is 0.264 e. The SMILES string of the molecule is NC1CCC(NC(=O)C2CCCN2C(=O)c2cccs2)CC1. The van der Waals surface area contributed by atoms with E-state index in [0.717, 1.165) is 38.5 Å². The van der Waals surface area contributed by atoms with Crippen LogP contribution < -0.4 is 11.1 Å². The Bertz CT molecular complexity index is 524. The van der Waals surface area contributed by atoms with Crippen molar-refractivity contribution in [3.05, 3.63) is 22.4 Å². The predicted octanol–water partition coefficient (Wildman–Crippen LogP) is 1.74. The molecule has 1 atom stereocenters. The van der Waals surface area contributed by atoms with Gasteiger partial charge in [-0.3, -0.25) is 9.59 Å². The van der Waals surface area contributed by atoms with Gasteiger partial charge >= 0.3 is 0 Å². The molecule has 1 aromatic heterocycles. The van der Waals surface area contributed by atoms with Crippen molar-refractivity contribution < 1.29 is 9.59 Å². The molecule has 2 heterocycles. The number of nitrogens with one attached hydrogen (secondary N) is 1. The second-order valence-corrected chi connectivity index (χ2v) is 7.20. The van der Waals surface area contributed by atoms with Crippen LogP contribution in [0.4, 0.5) is 0 Å². The summed E-state index contributed by atoms with van der Waals surface area (Å²) in [6.45, 7) is 0.671. The van der Waals surface area contributed by atoms with E-state index in [4.69, 9.17) is 5.73 Å². The second kappa shape index (κ2) is 6.79. The Labute approximate surface area is 134 Å². The average Bonchev–Trinajstić information content (AvgIpc) is 3.20. The normalized spacial score (nSPS) is 28.6. The van der Waals surface area contributed by atoms with Gasteiger partial charge in [-0.1, -0.05) is 6.07 Å². The van der Waals surface area contributed by atoms with Crippen LogP contribution in [0.1, 0.15) is 48.2 Å². The second-order valence-electron chi connectivity index (χ2n) is 6.25. The van der Waals surface area contributed by atoms with Crippen LogP contribution in [0.25, 0.3) is 0 Å². The van der Waals surface area contributed by atoms with Gasteiger partial charge in [0.25, 0.3) is 5.91 Å². The number of rotatable bonds is 3. The first-order valence-corrected chi connectivity index (χ1v) is 8.93. The molecular formula is C16H23N3O2S. The lowest BCUT2D eigenvalue weighted by molar-refractivity contribution is -0.125. The highest BCUT2D eigenvalue weighted by Crippen LogP contribution is 2.23. The lowest BCUT2D eigenvalue weighted by atomic mass is 9.91. The first kappa shape index (κ1) is 15.5. The van der Waals surface area contributed by atoms with Crippen LogP contribution in [0.2, 0.25) is 0 Å². The molecule has 2 aliphatic rings. The number of carbonyl (C=O) groups excluding carboxylic acids is 2. The van der Waals surface area contributed by atoms with Gasteiger partial charge in [0.2, 0.25) is 5.91 Å². The van der Waals surface area contributed by atoms with Crippen molar-refractivity contribution in [2.24, 2.45) is 5.73 Å². The zero-order valence-corrected chi connectivity index (χ0v) is 13.5.